The number of nitrogens with zero attached hydrogens (tertiary/aromatic N) is 2. The standard InChI is InChI=1S/C19H17F2N3O4S/c20-11-3-5-16(14(21)9-11)24(29(27)28)12-4-6-15-13(10-12)19(7-1-2-8-19)17(25)23(15)18(22)26/h3-6,9-10,29H,1-2,7-8H2,(H2,22,26). The molecule has 152 valence electrons. The van der Waals surface area contributed by atoms with Gasteiger partial charge in [0, 0.05) is 6.07 Å². The zero-order chi connectivity index (χ0) is 20.9. The van der Waals surface area contributed by atoms with Crippen LogP contribution in [0.1, 0.15) is 31.2 Å². The lowest BCUT2D eigenvalue weighted by Gasteiger charge is -2.23. The van der Waals surface area contributed by atoms with Crippen molar-refractivity contribution in [2.45, 2.75) is 31.1 Å². The summed E-state index contributed by atoms with van der Waals surface area (Å²) in [6.07, 6.45) is 2.54. The fraction of sp³-hybridized carbons (Fsp3) is 0.263. The number of hydrogen-bond donors (Lipinski definition) is 2. The molecule has 0 radical (unpaired) electrons. The number of carbonyl (C=O) groups excluding carboxylic acids is 2. The average Bonchev–Trinajstić information content (AvgIpc) is 3.23. The molecule has 0 unspecified atom stereocenters. The first-order chi connectivity index (χ1) is 13.8. The average molecular weight is 421 g/mol. The van der Waals surface area contributed by atoms with Gasteiger partial charge in [-0.05, 0) is 48.7 Å². The minimum Gasteiger partial charge on any atom is -0.351 e. The zero-order valence-electron chi connectivity index (χ0n) is 15.1. The SMILES string of the molecule is NC(=O)N1C(=O)C2(CCCC2)c2cc(N(c3ccc(F)cc3F)[SH](=O)=O)ccc21. The molecule has 2 aromatic rings. The van der Waals surface area contributed by atoms with Crippen LogP contribution in [0.25, 0.3) is 0 Å². The van der Waals surface area contributed by atoms with Gasteiger partial charge in [-0.25, -0.2) is 31.2 Å². The van der Waals surface area contributed by atoms with Crippen LogP contribution in [-0.2, 0) is 21.1 Å². The molecule has 1 spiro atoms. The Morgan fingerprint density at radius 1 is 1.10 bits per heavy atom. The zero-order valence-corrected chi connectivity index (χ0v) is 16.0. The van der Waals surface area contributed by atoms with Crippen LogP contribution >= 0.6 is 0 Å². The number of halogens is 2. The van der Waals surface area contributed by atoms with E-state index in [-0.39, 0.29) is 11.4 Å². The minimum absolute atomic E-state index is 0.0794. The summed E-state index contributed by atoms with van der Waals surface area (Å²) in [4.78, 5) is 25.8. The molecular formula is C19H17F2N3O4S. The van der Waals surface area contributed by atoms with E-state index >= 15 is 0 Å². The van der Waals surface area contributed by atoms with Crippen molar-refractivity contribution in [3.63, 3.8) is 0 Å². The lowest BCUT2D eigenvalue weighted by atomic mass is 9.80. The molecule has 1 saturated carbocycles. The van der Waals surface area contributed by atoms with Crippen molar-refractivity contribution < 1.29 is 26.8 Å². The highest BCUT2D eigenvalue weighted by Gasteiger charge is 2.53. The number of urea groups is 1. The molecule has 29 heavy (non-hydrogen) atoms. The van der Waals surface area contributed by atoms with Gasteiger partial charge in [0.25, 0.3) is 0 Å². The Labute approximate surface area is 166 Å². The highest BCUT2D eigenvalue weighted by Crippen LogP contribution is 2.52. The van der Waals surface area contributed by atoms with Crippen molar-refractivity contribution in [1.29, 1.82) is 0 Å². The highest BCUT2D eigenvalue weighted by atomic mass is 32.2. The van der Waals surface area contributed by atoms with E-state index in [0.717, 1.165) is 29.9 Å². The van der Waals surface area contributed by atoms with Crippen LogP contribution in [0, 0.1) is 11.6 Å². The maximum atomic E-state index is 14.3. The summed E-state index contributed by atoms with van der Waals surface area (Å²) < 4.78 is 52.1. The van der Waals surface area contributed by atoms with Gasteiger partial charge in [0.15, 0.2) is 5.82 Å². The molecule has 10 heteroatoms. The molecule has 2 N–H and O–H groups in total. The molecule has 4 rings (SSSR count). The second-order valence-corrected chi connectivity index (χ2v) is 7.99. The third-order valence-corrected chi connectivity index (χ3v) is 6.35. The van der Waals surface area contributed by atoms with Gasteiger partial charge in [0.2, 0.25) is 16.8 Å². The van der Waals surface area contributed by atoms with E-state index in [1.807, 2.05) is 0 Å². The molecule has 1 aliphatic carbocycles. The second-order valence-electron chi connectivity index (χ2n) is 7.11. The van der Waals surface area contributed by atoms with Crippen LogP contribution in [0.15, 0.2) is 36.4 Å². The van der Waals surface area contributed by atoms with E-state index in [9.17, 15) is 26.8 Å². The molecule has 1 fully saturated rings. The predicted octanol–water partition coefficient (Wildman–Crippen LogP) is 2.87. The third-order valence-electron chi connectivity index (χ3n) is 5.57. The number of amides is 3. The van der Waals surface area contributed by atoms with E-state index in [4.69, 9.17) is 5.73 Å². The highest BCUT2D eigenvalue weighted by molar-refractivity contribution is 7.74. The first kappa shape index (κ1) is 19.3. The van der Waals surface area contributed by atoms with Gasteiger partial charge < -0.3 is 5.73 Å². The third kappa shape index (κ3) is 2.86. The number of imide groups is 1. The van der Waals surface area contributed by atoms with Crippen LogP contribution < -0.4 is 14.9 Å². The number of hydrogen-bond acceptors (Lipinski definition) is 4. The van der Waals surface area contributed by atoms with E-state index in [2.05, 4.69) is 0 Å². The fourth-order valence-corrected chi connectivity index (χ4v) is 4.98. The van der Waals surface area contributed by atoms with Gasteiger partial charge in [-0.15, -0.1) is 0 Å². The Bertz CT molecular complexity index is 1100. The summed E-state index contributed by atoms with van der Waals surface area (Å²) in [5.41, 5.74) is 4.96. The van der Waals surface area contributed by atoms with Crippen molar-refractivity contribution in [3.05, 3.63) is 53.6 Å². The molecule has 2 aromatic carbocycles. The number of primary amides is 1. The number of anilines is 3. The van der Waals surface area contributed by atoms with Gasteiger partial charge in [0.1, 0.15) is 5.82 Å². The lowest BCUT2D eigenvalue weighted by molar-refractivity contribution is -0.122. The van der Waals surface area contributed by atoms with Gasteiger partial charge >= 0.3 is 6.03 Å². The van der Waals surface area contributed by atoms with Crippen LogP contribution in [-0.4, -0.2) is 20.4 Å². The Hall–Kier alpha value is -3.01. The number of carbonyl (C=O) groups is 2. The summed E-state index contributed by atoms with van der Waals surface area (Å²) in [5.74, 6) is -2.32. The van der Waals surface area contributed by atoms with Crippen molar-refractivity contribution in [2.24, 2.45) is 5.73 Å². The minimum atomic E-state index is -3.33. The molecule has 2 aliphatic rings. The second kappa shape index (κ2) is 6.80. The van der Waals surface area contributed by atoms with Crippen molar-refractivity contribution >= 4 is 39.9 Å². The van der Waals surface area contributed by atoms with Crippen LogP contribution in [0.2, 0.25) is 0 Å². The van der Waals surface area contributed by atoms with Gasteiger partial charge in [0.05, 0.1) is 22.5 Å². The fourth-order valence-electron chi connectivity index (χ4n) is 4.33. The molecule has 0 aromatic heterocycles. The number of fused-ring (bicyclic) bond motifs is 2. The molecule has 1 aliphatic heterocycles. The number of benzene rings is 2. The first-order valence-corrected chi connectivity index (χ1v) is 10.1. The van der Waals surface area contributed by atoms with Crippen LogP contribution in [0.4, 0.5) is 30.6 Å². The molecular weight excluding hydrogens is 404 g/mol. The summed E-state index contributed by atoms with van der Waals surface area (Å²) >= 11 is 0. The molecule has 1 heterocycles. The summed E-state index contributed by atoms with van der Waals surface area (Å²) in [5, 5.41) is 0. The monoisotopic (exact) mass is 421 g/mol. The Morgan fingerprint density at radius 3 is 2.38 bits per heavy atom. The normalized spacial score (nSPS) is 17.2. The number of thiol groups is 1. The molecule has 0 saturated heterocycles. The smallest absolute Gasteiger partial charge is 0.326 e. The van der Waals surface area contributed by atoms with E-state index < -0.39 is 39.9 Å². The van der Waals surface area contributed by atoms with Crippen LogP contribution in [0.3, 0.4) is 0 Å². The summed E-state index contributed by atoms with van der Waals surface area (Å²) in [6.45, 7) is 0. The maximum Gasteiger partial charge on any atom is 0.326 e. The topological polar surface area (TPSA) is 101 Å². The van der Waals surface area contributed by atoms with Crippen molar-refractivity contribution in [2.75, 3.05) is 9.21 Å². The quantitative estimate of drug-likeness (QED) is 0.744. The maximum absolute atomic E-state index is 14.3. The van der Waals surface area contributed by atoms with Crippen molar-refractivity contribution in [1.82, 2.24) is 0 Å². The molecule has 7 nitrogen and oxygen atoms in total. The molecule has 0 bridgehead atoms. The Morgan fingerprint density at radius 2 is 1.79 bits per heavy atom. The van der Waals surface area contributed by atoms with E-state index in [1.54, 1.807) is 0 Å². The Balaban J connectivity index is 1.90. The molecule has 3 amide bonds. The number of nitrogens with two attached hydrogens (primary N) is 1. The predicted molar refractivity (Wildman–Crippen MR) is 102 cm³/mol. The van der Waals surface area contributed by atoms with E-state index in [1.165, 1.54) is 18.2 Å². The summed E-state index contributed by atoms with van der Waals surface area (Å²) in [7, 11) is -3.33. The first-order valence-electron chi connectivity index (χ1n) is 8.94. The van der Waals surface area contributed by atoms with E-state index in [0.29, 0.717) is 34.5 Å². The Kier molecular flexibility index (Phi) is 4.53. The largest absolute Gasteiger partial charge is 0.351 e. The lowest BCUT2D eigenvalue weighted by Crippen LogP contribution is -2.44. The van der Waals surface area contributed by atoms with Gasteiger partial charge in [-0.3, -0.25) is 4.79 Å². The van der Waals surface area contributed by atoms with Crippen molar-refractivity contribution in [3.8, 4) is 0 Å². The van der Waals surface area contributed by atoms with Crippen LogP contribution in [0.5, 0.6) is 0 Å². The molecule has 0 atom stereocenters. The summed E-state index contributed by atoms with van der Waals surface area (Å²) in [6, 6.07) is 5.89. The van der Waals surface area contributed by atoms with Gasteiger partial charge in [-0.1, -0.05) is 12.8 Å². The van der Waals surface area contributed by atoms with Gasteiger partial charge in [-0.2, -0.15) is 0 Å². The number of rotatable bonds is 3.